The highest BCUT2D eigenvalue weighted by Crippen LogP contribution is 2.12. The van der Waals surface area contributed by atoms with Crippen LogP contribution in [0.2, 0.25) is 0 Å². The van der Waals surface area contributed by atoms with Crippen molar-refractivity contribution in [1.82, 2.24) is 0 Å². The molecular formula is C21H26. The van der Waals surface area contributed by atoms with Gasteiger partial charge in [0.1, 0.15) is 0 Å². The van der Waals surface area contributed by atoms with E-state index in [9.17, 15) is 0 Å². The molecule has 0 atom stereocenters. The molecule has 0 heteroatoms. The first-order chi connectivity index (χ1) is 10.2. The van der Waals surface area contributed by atoms with Crippen molar-refractivity contribution in [3.63, 3.8) is 0 Å². The highest BCUT2D eigenvalue weighted by Gasteiger charge is 1.95. The van der Waals surface area contributed by atoms with Crippen LogP contribution in [0.25, 0.3) is 12.2 Å². The number of aryl methyl sites for hydroxylation is 2. The highest BCUT2D eigenvalue weighted by atomic mass is 14.0. The van der Waals surface area contributed by atoms with Crippen molar-refractivity contribution in [2.45, 2.75) is 33.1 Å². The summed E-state index contributed by atoms with van der Waals surface area (Å²) < 4.78 is 0. The van der Waals surface area contributed by atoms with Crippen molar-refractivity contribution < 1.29 is 0 Å². The van der Waals surface area contributed by atoms with Crippen molar-refractivity contribution >= 4 is 12.2 Å². The Kier molecular flexibility index (Phi) is 7.89. The van der Waals surface area contributed by atoms with Gasteiger partial charge in [0.2, 0.25) is 0 Å². The van der Waals surface area contributed by atoms with Gasteiger partial charge in [-0.1, -0.05) is 92.7 Å². The largest absolute Gasteiger partial charge is 0.0985 e. The summed E-state index contributed by atoms with van der Waals surface area (Å²) in [5.41, 5.74) is 5.18. The van der Waals surface area contributed by atoms with Crippen molar-refractivity contribution in [3.05, 3.63) is 83.9 Å². The zero-order valence-electron chi connectivity index (χ0n) is 13.3. The van der Waals surface area contributed by atoms with E-state index < -0.39 is 0 Å². The van der Waals surface area contributed by atoms with E-state index in [-0.39, 0.29) is 0 Å². The second kappa shape index (κ2) is 9.77. The van der Waals surface area contributed by atoms with Gasteiger partial charge in [0, 0.05) is 0 Å². The minimum atomic E-state index is 1.18. The number of unbranched alkanes of at least 4 members (excludes halogenated alkanes) is 1. The Morgan fingerprint density at radius 1 is 0.905 bits per heavy atom. The quantitative estimate of drug-likeness (QED) is 0.601. The maximum Gasteiger partial charge on any atom is -0.0230 e. The van der Waals surface area contributed by atoms with Crippen LogP contribution in [0.15, 0.2) is 61.7 Å². The average Bonchev–Trinajstić information content (AvgIpc) is 2.54. The lowest BCUT2D eigenvalue weighted by atomic mass is 10.0. The van der Waals surface area contributed by atoms with Gasteiger partial charge in [-0.2, -0.15) is 0 Å². The van der Waals surface area contributed by atoms with Crippen LogP contribution in [-0.2, 0) is 6.42 Å². The van der Waals surface area contributed by atoms with Gasteiger partial charge in [-0.3, -0.25) is 0 Å². The van der Waals surface area contributed by atoms with E-state index >= 15 is 0 Å². The Bertz CT molecular complexity index is 547. The van der Waals surface area contributed by atoms with Crippen molar-refractivity contribution in [2.24, 2.45) is 0 Å². The second-order valence-corrected chi connectivity index (χ2v) is 5.12. The molecular weight excluding hydrogens is 252 g/mol. The Morgan fingerprint density at radius 3 is 2.14 bits per heavy atom. The van der Waals surface area contributed by atoms with Crippen molar-refractivity contribution in [3.8, 4) is 0 Å². The van der Waals surface area contributed by atoms with Crippen LogP contribution in [0.3, 0.4) is 0 Å². The van der Waals surface area contributed by atoms with Crippen LogP contribution in [0, 0.1) is 6.92 Å². The molecule has 2 aromatic carbocycles. The molecule has 2 rings (SSSR count). The molecule has 0 radical (unpaired) electrons. The molecule has 0 fully saturated rings. The lowest BCUT2D eigenvalue weighted by Gasteiger charge is -2.03. The van der Waals surface area contributed by atoms with Gasteiger partial charge in [-0.25, -0.2) is 0 Å². The molecule has 0 bridgehead atoms. The van der Waals surface area contributed by atoms with Gasteiger partial charge < -0.3 is 0 Å². The van der Waals surface area contributed by atoms with E-state index in [0.717, 1.165) is 0 Å². The van der Waals surface area contributed by atoms with Gasteiger partial charge >= 0.3 is 0 Å². The molecule has 0 aliphatic heterocycles. The first-order valence-corrected chi connectivity index (χ1v) is 7.60. The van der Waals surface area contributed by atoms with E-state index in [0.29, 0.717) is 0 Å². The second-order valence-electron chi connectivity index (χ2n) is 5.12. The standard InChI is InChI=1S/C12H16.C9H10/c1-3-5-8-12-10-7-6-9-11(12)4-2;1-3-9-6-4-8(2)5-7-9/h4,6-7,9-10H,2-3,5,8H2,1H3;3-7H,1H2,2H3. The molecule has 0 aliphatic carbocycles. The van der Waals surface area contributed by atoms with Gasteiger partial charge in [0.25, 0.3) is 0 Å². The summed E-state index contributed by atoms with van der Waals surface area (Å²) in [6.07, 6.45) is 7.49. The molecule has 0 unspecified atom stereocenters. The molecule has 2 aromatic rings. The fraction of sp³-hybridized carbons (Fsp3) is 0.238. The highest BCUT2D eigenvalue weighted by molar-refractivity contribution is 5.51. The summed E-state index contributed by atoms with van der Waals surface area (Å²) in [4.78, 5) is 0. The molecule has 0 amide bonds. The maximum absolute atomic E-state index is 3.80. The predicted octanol–water partition coefficient (Wildman–Crippen LogP) is 6.31. The number of benzene rings is 2. The lowest BCUT2D eigenvalue weighted by molar-refractivity contribution is 0.794. The van der Waals surface area contributed by atoms with Crippen LogP contribution in [0.1, 0.15) is 42.0 Å². The zero-order chi connectivity index (χ0) is 15.5. The summed E-state index contributed by atoms with van der Waals surface area (Å²) >= 11 is 0. The first kappa shape index (κ1) is 17.0. The summed E-state index contributed by atoms with van der Waals surface area (Å²) in [6, 6.07) is 16.7. The third kappa shape index (κ3) is 6.27. The maximum atomic E-state index is 3.80. The summed E-state index contributed by atoms with van der Waals surface area (Å²) in [5, 5.41) is 0. The Balaban J connectivity index is 0.000000219. The molecule has 0 heterocycles. The van der Waals surface area contributed by atoms with E-state index in [1.54, 1.807) is 0 Å². The molecule has 0 saturated heterocycles. The monoisotopic (exact) mass is 278 g/mol. The summed E-state index contributed by atoms with van der Waals surface area (Å²) in [7, 11) is 0. The fourth-order valence-electron chi connectivity index (χ4n) is 2.03. The summed E-state index contributed by atoms with van der Waals surface area (Å²) in [6.45, 7) is 11.8. The van der Waals surface area contributed by atoms with Crippen LogP contribution in [0.5, 0.6) is 0 Å². The number of hydrogen-bond acceptors (Lipinski definition) is 0. The van der Waals surface area contributed by atoms with Crippen molar-refractivity contribution in [2.75, 3.05) is 0 Å². The lowest BCUT2D eigenvalue weighted by Crippen LogP contribution is -1.87. The summed E-state index contributed by atoms with van der Waals surface area (Å²) in [5.74, 6) is 0. The zero-order valence-corrected chi connectivity index (χ0v) is 13.3. The van der Waals surface area contributed by atoms with Gasteiger partial charge in [0.15, 0.2) is 0 Å². The third-order valence-electron chi connectivity index (χ3n) is 3.39. The van der Waals surface area contributed by atoms with E-state index in [1.165, 1.54) is 41.5 Å². The first-order valence-electron chi connectivity index (χ1n) is 7.60. The van der Waals surface area contributed by atoms with Gasteiger partial charge in [0.05, 0.1) is 0 Å². The Morgan fingerprint density at radius 2 is 1.57 bits per heavy atom. The molecule has 0 nitrogen and oxygen atoms in total. The smallest absolute Gasteiger partial charge is 0.0230 e. The van der Waals surface area contributed by atoms with Crippen LogP contribution >= 0.6 is 0 Å². The van der Waals surface area contributed by atoms with Gasteiger partial charge in [-0.15, -0.1) is 0 Å². The molecule has 0 spiro atoms. The van der Waals surface area contributed by atoms with Crippen LogP contribution in [-0.4, -0.2) is 0 Å². The number of rotatable bonds is 5. The minimum Gasteiger partial charge on any atom is -0.0985 e. The molecule has 0 aromatic heterocycles. The van der Waals surface area contributed by atoms with Crippen molar-refractivity contribution in [1.29, 1.82) is 0 Å². The SMILES string of the molecule is C=Cc1ccc(C)cc1.C=Cc1ccccc1CCCC. The molecule has 0 N–H and O–H groups in total. The topological polar surface area (TPSA) is 0 Å². The van der Waals surface area contributed by atoms with E-state index in [2.05, 4.69) is 75.5 Å². The van der Waals surface area contributed by atoms with E-state index in [4.69, 9.17) is 0 Å². The predicted molar refractivity (Wildman–Crippen MR) is 96.4 cm³/mol. The van der Waals surface area contributed by atoms with E-state index in [1.807, 2.05) is 12.2 Å². The average molecular weight is 278 g/mol. The Hall–Kier alpha value is -2.08. The number of hydrogen-bond donors (Lipinski definition) is 0. The van der Waals surface area contributed by atoms with Crippen LogP contribution in [0.4, 0.5) is 0 Å². The third-order valence-corrected chi connectivity index (χ3v) is 3.39. The normalized spacial score (nSPS) is 9.43. The molecule has 110 valence electrons. The molecule has 21 heavy (non-hydrogen) atoms. The van der Waals surface area contributed by atoms with Gasteiger partial charge in [-0.05, 0) is 36.5 Å². The Labute approximate surface area is 129 Å². The van der Waals surface area contributed by atoms with Crippen LogP contribution < -0.4 is 0 Å². The minimum absolute atomic E-state index is 1.18. The molecule has 0 aliphatic rings. The molecule has 0 saturated carbocycles. The fourth-order valence-corrected chi connectivity index (χ4v) is 2.03.